The zero-order valence-corrected chi connectivity index (χ0v) is 12.4. The number of carbonyl (C=O) groups is 2. The van der Waals surface area contributed by atoms with E-state index in [2.05, 4.69) is 19.2 Å². The summed E-state index contributed by atoms with van der Waals surface area (Å²) in [6.45, 7) is 5.10. The van der Waals surface area contributed by atoms with E-state index in [9.17, 15) is 9.59 Å². The van der Waals surface area contributed by atoms with Crippen LogP contribution in [0, 0.1) is 5.92 Å². The third kappa shape index (κ3) is 13.2. The molecule has 2 N–H and O–H groups in total. The van der Waals surface area contributed by atoms with E-state index in [1.807, 2.05) is 0 Å². The van der Waals surface area contributed by atoms with E-state index < -0.39 is 5.97 Å². The Morgan fingerprint density at radius 2 is 1.79 bits per heavy atom. The SMILES string of the molecule is CCCC(C)CCCC(=O)NCCCCCC(=O)O. The Kier molecular flexibility index (Phi) is 11.3. The van der Waals surface area contributed by atoms with Gasteiger partial charge in [-0.2, -0.15) is 0 Å². The minimum atomic E-state index is -0.745. The lowest BCUT2D eigenvalue weighted by Crippen LogP contribution is -2.24. The molecule has 0 aliphatic rings. The van der Waals surface area contributed by atoms with Crippen molar-refractivity contribution in [1.29, 1.82) is 0 Å². The third-order valence-corrected chi connectivity index (χ3v) is 3.27. The highest BCUT2D eigenvalue weighted by molar-refractivity contribution is 5.75. The maximum atomic E-state index is 11.5. The monoisotopic (exact) mass is 271 g/mol. The molecule has 1 atom stereocenters. The van der Waals surface area contributed by atoms with Gasteiger partial charge < -0.3 is 10.4 Å². The number of aliphatic carboxylic acids is 1. The number of nitrogens with one attached hydrogen (secondary N) is 1. The number of carboxylic acids is 1. The second-order valence-electron chi connectivity index (χ2n) is 5.34. The van der Waals surface area contributed by atoms with Gasteiger partial charge in [-0.1, -0.05) is 39.5 Å². The Labute approximate surface area is 117 Å². The highest BCUT2D eigenvalue weighted by Gasteiger charge is 2.04. The molecular weight excluding hydrogens is 242 g/mol. The molecule has 112 valence electrons. The predicted molar refractivity (Wildman–Crippen MR) is 77.0 cm³/mol. The van der Waals surface area contributed by atoms with Crippen molar-refractivity contribution in [1.82, 2.24) is 5.32 Å². The molecule has 4 nitrogen and oxygen atoms in total. The number of rotatable bonds is 12. The molecule has 0 fully saturated rings. The van der Waals surface area contributed by atoms with Crippen LogP contribution in [0.5, 0.6) is 0 Å². The molecule has 0 aliphatic heterocycles. The van der Waals surface area contributed by atoms with Crippen molar-refractivity contribution >= 4 is 11.9 Å². The van der Waals surface area contributed by atoms with Crippen LogP contribution >= 0.6 is 0 Å². The molecule has 0 radical (unpaired) electrons. The fraction of sp³-hybridized carbons (Fsp3) is 0.867. The van der Waals surface area contributed by atoms with E-state index in [0.29, 0.717) is 25.3 Å². The summed E-state index contributed by atoms with van der Waals surface area (Å²) in [6, 6.07) is 0. The molecule has 0 bridgehead atoms. The number of carboxylic acid groups (broad SMARTS) is 1. The van der Waals surface area contributed by atoms with E-state index in [4.69, 9.17) is 5.11 Å². The summed E-state index contributed by atoms with van der Waals surface area (Å²) in [5.74, 6) is 0.0981. The van der Waals surface area contributed by atoms with E-state index in [1.165, 1.54) is 12.8 Å². The van der Waals surface area contributed by atoms with Gasteiger partial charge in [-0.15, -0.1) is 0 Å². The van der Waals surface area contributed by atoms with E-state index in [1.54, 1.807) is 0 Å². The maximum Gasteiger partial charge on any atom is 0.303 e. The van der Waals surface area contributed by atoms with Crippen molar-refractivity contribution in [2.45, 2.75) is 71.6 Å². The minimum absolute atomic E-state index is 0.127. The standard InChI is InChI=1S/C15H29NO3/c1-3-8-13(2)9-7-10-14(17)16-12-6-4-5-11-15(18)19/h13H,3-12H2,1-2H3,(H,16,17)(H,18,19). The Balaban J connectivity index is 3.32. The molecule has 0 saturated carbocycles. The first-order valence-corrected chi connectivity index (χ1v) is 7.54. The van der Waals surface area contributed by atoms with Crippen molar-refractivity contribution in [3.8, 4) is 0 Å². The molecule has 0 aromatic rings. The average molecular weight is 271 g/mol. The van der Waals surface area contributed by atoms with Gasteiger partial charge in [0, 0.05) is 19.4 Å². The first-order chi connectivity index (χ1) is 9.06. The number of hydrogen-bond acceptors (Lipinski definition) is 2. The van der Waals surface area contributed by atoms with Gasteiger partial charge >= 0.3 is 5.97 Å². The molecule has 0 saturated heterocycles. The van der Waals surface area contributed by atoms with E-state index in [-0.39, 0.29) is 12.3 Å². The molecular formula is C15H29NO3. The average Bonchev–Trinajstić information content (AvgIpc) is 2.33. The molecule has 0 aromatic heterocycles. The van der Waals surface area contributed by atoms with Gasteiger partial charge in [-0.05, 0) is 25.2 Å². The fourth-order valence-electron chi connectivity index (χ4n) is 2.14. The topological polar surface area (TPSA) is 66.4 Å². The smallest absolute Gasteiger partial charge is 0.303 e. The number of hydrogen-bond donors (Lipinski definition) is 2. The molecule has 1 unspecified atom stereocenters. The van der Waals surface area contributed by atoms with E-state index in [0.717, 1.165) is 25.7 Å². The largest absolute Gasteiger partial charge is 0.481 e. The maximum absolute atomic E-state index is 11.5. The van der Waals surface area contributed by atoms with Crippen molar-refractivity contribution < 1.29 is 14.7 Å². The van der Waals surface area contributed by atoms with Gasteiger partial charge in [-0.3, -0.25) is 9.59 Å². The van der Waals surface area contributed by atoms with Gasteiger partial charge in [0.05, 0.1) is 0 Å². The van der Waals surface area contributed by atoms with Crippen LogP contribution in [0.4, 0.5) is 0 Å². The lowest BCUT2D eigenvalue weighted by Gasteiger charge is -2.09. The predicted octanol–water partition coefficient (Wildman–Crippen LogP) is 3.35. The molecule has 0 spiro atoms. The fourth-order valence-corrected chi connectivity index (χ4v) is 2.14. The Morgan fingerprint density at radius 1 is 1.05 bits per heavy atom. The summed E-state index contributed by atoms with van der Waals surface area (Å²) in [7, 11) is 0. The van der Waals surface area contributed by atoms with Crippen LogP contribution in [0.3, 0.4) is 0 Å². The van der Waals surface area contributed by atoms with Crippen LogP contribution in [-0.4, -0.2) is 23.5 Å². The van der Waals surface area contributed by atoms with Crippen LogP contribution in [0.1, 0.15) is 71.6 Å². The van der Waals surface area contributed by atoms with Gasteiger partial charge in [0.2, 0.25) is 5.91 Å². The second kappa shape index (κ2) is 12.0. The van der Waals surface area contributed by atoms with Crippen LogP contribution in [0.15, 0.2) is 0 Å². The number of carbonyl (C=O) groups excluding carboxylic acids is 1. The molecule has 0 aromatic carbocycles. The van der Waals surface area contributed by atoms with Crippen molar-refractivity contribution in [3.05, 3.63) is 0 Å². The molecule has 1 amide bonds. The zero-order valence-electron chi connectivity index (χ0n) is 12.4. The number of amides is 1. The van der Waals surface area contributed by atoms with Crippen LogP contribution in [0.25, 0.3) is 0 Å². The van der Waals surface area contributed by atoms with Crippen LogP contribution < -0.4 is 5.32 Å². The summed E-state index contributed by atoms with van der Waals surface area (Å²) < 4.78 is 0. The molecule has 0 heterocycles. The molecule has 0 aliphatic carbocycles. The third-order valence-electron chi connectivity index (χ3n) is 3.27. The zero-order chi connectivity index (χ0) is 14.5. The Morgan fingerprint density at radius 3 is 2.42 bits per heavy atom. The van der Waals surface area contributed by atoms with Crippen molar-refractivity contribution in [2.24, 2.45) is 5.92 Å². The van der Waals surface area contributed by atoms with Crippen LogP contribution in [0.2, 0.25) is 0 Å². The van der Waals surface area contributed by atoms with E-state index >= 15 is 0 Å². The lowest BCUT2D eigenvalue weighted by atomic mass is 9.99. The first kappa shape index (κ1) is 17.9. The van der Waals surface area contributed by atoms with Crippen LogP contribution in [-0.2, 0) is 9.59 Å². The Hall–Kier alpha value is -1.06. The molecule has 4 heteroatoms. The molecule has 19 heavy (non-hydrogen) atoms. The first-order valence-electron chi connectivity index (χ1n) is 7.54. The lowest BCUT2D eigenvalue weighted by molar-refractivity contribution is -0.137. The number of unbranched alkanes of at least 4 members (excludes halogenated alkanes) is 2. The van der Waals surface area contributed by atoms with Crippen molar-refractivity contribution in [2.75, 3.05) is 6.54 Å². The summed E-state index contributed by atoms with van der Waals surface area (Å²) in [5, 5.41) is 11.4. The highest BCUT2D eigenvalue weighted by atomic mass is 16.4. The van der Waals surface area contributed by atoms with Gasteiger partial charge in [0.15, 0.2) is 0 Å². The second-order valence-corrected chi connectivity index (χ2v) is 5.34. The summed E-state index contributed by atoms with van der Waals surface area (Å²) in [4.78, 5) is 21.8. The normalized spacial score (nSPS) is 12.1. The summed E-state index contributed by atoms with van der Waals surface area (Å²) >= 11 is 0. The van der Waals surface area contributed by atoms with Crippen molar-refractivity contribution in [3.63, 3.8) is 0 Å². The minimum Gasteiger partial charge on any atom is -0.481 e. The summed E-state index contributed by atoms with van der Waals surface area (Å²) in [5.41, 5.74) is 0. The summed E-state index contributed by atoms with van der Waals surface area (Å²) in [6.07, 6.45) is 7.80. The Bertz CT molecular complexity index is 254. The highest BCUT2D eigenvalue weighted by Crippen LogP contribution is 2.13. The van der Waals surface area contributed by atoms with Gasteiger partial charge in [0.1, 0.15) is 0 Å². The van der Waals surface area contributed by atoms with Gasteiger partial charge in [-0.25, -0.2) is 0 Å². The van der Waals surface area contributed by atoms with Gasteiger partial charge in [0.25, 0.3) is 0 Å². The quantitative estimate of drug-likeness (QED) is 0.535. The molecule has 0 rings (SSSR count).